The smallest absolute Gasteiger partial charge is 0.231 e. The monoisotopic (exact) mass is 742 g/mol. The Hall–Kier alpha value is -2.36. The first-order valence-corrected chi connectivity index (χ1v) is 19.5. The lowest BCUT2D eigenvalue weighted by atomic mass is 10.1. The van der Waals surface area contributed by atoms with E-state index in [1.54, 1.807) is 0 Å². The number of unbranched alkanes of at least 4 members (excludes halogenated alkanes) is 10. The molecule has 2 aromatic heterocycles. The lowest BCUT2D eigenvalue weighted by molar-refractivity contribution is 0.0527. The molecule has 0 spiro atoms. The summed E-state index contributed by atoms with van der Waals surface area (Å²) in [6, 6.07) is 0. The molecule has 2 N–H and O–H groups in total. The number of nitrogens with one attached hydrogen (secondary N) is 2. The standard InChI is InChI=1S/C34H60Cl2N10O4/c1-3-5-7-9-11-13-17-45-19-23-49-27-28-50-24-20-46(18-14-12-10-8-6-4-2)34-42-30(36)40-32(44-34)38-16-22-48-26-25-47-21-15-37-31-39-29(35)41-33(45)43-31/h3-28H2,1-2H3,(H,37,39,41,43)(H,38,40,42,44). The summed E-state index contributed by atoms with van der Waals surface area (Å²) >= 11 is 12.7. The zero-order valence-corrected chi connectivity index (χ0v) is 31.9. The number of aromatic nitrogens is 6. The van der Waals surface area contributed by atoms with Crippen molar-refractivity contribution in [1.29, 1.82) is 0 Å². The van der Waals surface area contributed by atoms with Crippen molar-refractivity contribution in [2.75, 3.05) is 113 Å². The molecule has 1 aliphatic rings. The Morgan fingerprint density at radius 2 is 0.860 bits per heavy atom. The Morgan fingerprint density at radius 3 is 1.28 bits per heavy atom. The van der Waals surface area contributed by atoms with E-state index in [-0.39, 0.29) is 10.6 Å². The molecule has 0 fully saturated rings. The number of hydrogen-bond acceptors (Lipinski definition) is 14. The number of fused-ring (bicyclic) bond motifs is 4. The quantitative estimate of drug-likeness (QED) is 0.209. The van der Waals surface area contributed by atoms with Gasteiger partial charge in [0.15, 0.2) is 0 Å². The van der Waals surface area contributed by atoms with Crippen molar-refractivity contribution in [2.45, 2.75) is 90.9 Å². The van der Waals surface area contributed by atoms with Crippen LogP contribution in [0.1, 0.15) is 90.9 Å². The first-order valence-electron chi connectivity index (χ1n) is 18.7. The number of hydrogen-bond donors (Lipinski definition) is 2. The predicted molar refractivity (Wildman–Crippen MR) is 201 cm³/mol. The fourth-order valence-corrected chi connectivity index (χ4v) is 5.68. The van der Waals surface area contributed by atoms with Gasteiger partial charge in [-0.25, -0.2) is 0 Å². The van der Waals surface area contributed by atoms with E-state index in [2.05, 4.69) is 64.2 Å². The van der Waals surface area contributed by atoms with Crippen molar-refractivity contribution in [2.24, 2.45) is 0 Å². The van der Waals surface area contributed by atoms with Crippen molar-refractivity contribution in [3.8, 4) is 0 Å². The molecule has 14 nitrogen and oxygen atoms in total. The van der Waals surface area contributed by atoms with Gasteiger partial charge in [0.2, 0.25) is 34.4 Å². The van der Waals surface area contributed by atoms with Crippen LogP contribution in [0.3, 0.4) is 0 Å². The number of rotatable bonds is 14. The van der Waals surface area contributed by atoms with Crippen LogP contribution in [0.15, 0.2) is 0 Å². The highest BCUT2D eigenvalue weighted by molar-refractivity contribution is 6.28. The van der Waals surface area contributed by atoms with Gasteiger partial charge in [-0.05, 0) is 36.0 Å². The van der Waals surface area contributed by atoms with E-state index in [0.29, 0.717) is 103 Å². The maximum Gasteiger partial charge on any atom is 0.231 e. The molecular formula is C34H60Cl2N10O4. The second-order valence-corrected chi connectivity index (χ2v) is 12.9. The first kappa shape index (κ1) is 42.1. The number of nitrogens with zero attached hydrogens (tertiary/aromatic N) is 8. The van der Waals surface area contributed by atoms with Crippen molar-refractivity contribution in [3.63, 3.8) is 0 Å². The molecule has 1 aliphatic heterocycles. The van der Waals surface area contributed by atoms with Gasteiger partial charge in [0.1, 0.15) is 0 Å². The minimum atomic E-state index is 0.149. The van der Waals surface area contributed by atoms with Gasteiger partial charge < -0.3 is 39.4 Å². The van der Waals surface area contributed by atoms with Gasteiger partial charge in [-0.1, -0.05) is 78.1 Å². The van der Waals surface area contributed by atoms with Crippen LogP contribution in [-0.4, -0.2) is 122 Å². The molecule has 0 radical (unpaired) electrons. The topological polar surface area (TPSA) is 145 Å². The first-order chi connectivity index (χ1) is 24.6. The van der Waals surface area contributed by atoms with Crippen LogP contribution in [0.5, 0.6) is 0 Å². The Labute approximate surface area is 309 Å². The zero-order valence-electron chi connectivity index (χ0n) is 30.4. The molecule has 0 saturated carbocycles. The molecule has 3 heterocycles. The lowest BCUT2D eigenvalue weighted by Gasteiger charge is -2.24. The number of ether oxygens (including phenoxy) is 4. The van der Waals surface area contributed by atoms with E-state index in [9.17, 15) is 0 Å². The van der Waals surface area contributed by atoms with Crippen LogP contribution in [-0.2, 0) is 18.9 Å². The Balaban J connectivity index is 1.61. The maximum absolute atomic E-state index is 6.34. The second-order valence-electron chi connectivity index (χ2n) is 12.3. The molecule has 0 saturated heterocycles. The Morgan fingerprint density at radius 1 is 0.480 bits per heavy atom. The fraction of sp³-hybridized carbons (Fsp3) is 0.824. The molecule has 50 heavy (non-hydrogen) atoms. The summed E-state index contributed by atoms with van der Waals surface area (Å²) in [5.74, 6) is 1.91. The maximum atomic E-state index is 6.34. The average Bonchev–Trinajstić information content (AvgIpc) is 3.10. The van der Waals surface area contributed by atoms with Crippen molar-refractivity contribution >= 4 is 47.0 Å². The van der Waals surface area contributed by atoms with Gasteiger partial charge in [-0.3, -0.25) is 0 Å². The van der Waals surface area contributed by atoms with Gasteiger partial charge in [-0.15, -0.1) is 0 Å². The Kier molecular flexibility index (Phi) is 23.0. The van der Waals surface area contributed by atoms with E-state index in [0.717, 1.165) is 38.8 Å². The second kappa shape index (κ2) is 27.3. The highest BCUT2D eigenvalue weighted by Gasteiger charge is 2.15. The van der Waals surface area contributed by atoms with Crippen molar-refractivity contribution in [1.82, 2.24) is 29.9 Å². The molecule has 0 aromatic carbocycles. The normalized spacial score (nSPS) is 16.5. The zero-order chi connectivity index (χ0) is 35.5. The van der Waals surface area contributed by atoms with Crippen LogP contribution in [0.4, 0.5) is 23.8 Å². The van der Waals surface area contributed by atoms with E-state index >= 15 is 0 Å². The molecule has 0 amide bonds. The average molecular weight is 744 g/mol. The predicted octanol–water partition coefficient (Wildman–Crippen LogP) is 6.30. The minimum Gasteiger partial charge on any atom is -0.377 e. The van der Waals surface area contributed by atoms with Gasteiger partial charge >= 0.3 is 0 Å². The summed E-state index contributed by atoms with van der Waals surface area (Å²) < 4.78 is 23.4. The minimum absolute atomic E-state index is 0.149. The van der Waals surface area contributed by atoms with Crippen LogP contribution < -0.4 is 20.4 Å². The molecule has 284 valence electrons. The largest absolute Gasteiger partial charge is 0.377 e. The summed E-state index contributed by atoms with van der Waals surface area (Å²) in [4.78, 5) is 31.0. The molecular weight excluding hydrogens is 683 g/mol. The number of anilines is 4. The molecule has 0 atom stereocenters. The Bertz CT molecular complexity index is 1070. The molecule has 16 heteroatoms. The third-order valence-corrected chi connectivity index (χ3v) is 8.47. The fourth-order valence-electron chi connectivity index (χ4n) is 5.37. The summed E-state index contributed by atoms with van der Waals surface area (Å²) in [6.45, 7) is 12.1. The molecule has 3 rings (SSSR count). The van der Waals surface area contributed by atoms with E-state index < -0.39 is 0 Å². The number of halogens is 2. The summed E-state index contributed by atoms with van der Waals surface area (Å²) in [5, 5.41) is 6.70. The molecule has 2 aromatic rings. The lowest BCUT2D eigenvalue weighted by Crippen LogP contribution is -2.32. The van der Waals surface area contributed by atoms with E-state index in [1.807, 2.05) is 0 Å². The van der Waals surface area contributed by atoms with Gasteiger partial charge in [0.05, 0.1) is 52.9 Å². The van der Waals surface area contributed by atoms with Crippen LogP contribution in [0.2, 0.25) is 10.6 Å². The SMILES string of the molecule is CCCCCCCCN1CCOCCOCCN(CCCCCCCC)c2nc(Cl)nc(n2)NCCOCCOCCNc2nc(Cl)nc1n2. The molecule has 0 unspecified atom stereocenters. The summed E-state index contributed by atoms with van der Waals surface area (Å²) in [6.07, 6.45) is 14.4. The van der Waals surface area contributed by atoms with E-state index in [1.165, 1.54) is 51.4 Å². The van der Waals surface area contributed by atoms with Crippen LogP contribution in [0, 0.1) is 0 Å². The molecule has 0 aliphatic carbocycles. The highest BCUT2D eigenvalue weighted by Crippen LogP contribution is 2.17. The molecule has 4 bridgehead atoms. The van der Waals surface area contributed by atoms with Gasteiger partial charge in [0.25, 0.3) is 0 Å². The van der Waals surface area contributed by atoms with Crippen molar-refractivity contribution < 1.29 is 18.9 Å². The van der Waals surface area contributed by atoms with Crippen LogP contribution in [0.25, 0.3) is 0 Å². The summed E-state index contributed by atoms with van der Waals surface area (Å²) in [5.41, 5.74) is 0. The third-order valence-electron chi connectivity index (χ3n) is 8.14. The van der Waals surface area contributed by atoms with Gasteiger partial charge in [0, 0.05) is 39.3 Å². The van der Waals surface area contributed by atoms with E-state index in [4.69, 9.17) is 42.1 Å². The summed E-state index contributed by atoms with van der Waals surface area (Å²) in [7, 11) is 0. The van der Waals surface area contributed by atoms with Crippen LogP contribution >= 0.6 is 23.2 Å². The van der Waals surface area contributed by atoms with Gasteiger partial charge in [-0.2, -0.15) is 29.9 Å². The van der Waals surface area contributed by atoms with Crippen molar-refractivity contribution in [3.05, 3.63) is 10.6 Å². The third kappa shape index (κ3) is 18.8. The highest BCUT2D eigenvalue weighted by atomic mass is 35.5.